The van der Waals surface area contributed by atoms with Gasteiger partial charge in [0.2, 0.25) is 10.0 Å². The molecule has 1 aromatic carbocycles. The van der Waals surface area contributed by atoms with E-state index in [0.29, 0.717) is 12.8 Å². The highest BCUT2D eigenvalue weighted by atomic mass is 32.2. The zero-order valence-electron chi connectivity index (χ0n) is 13.2. The Morgan fingerprint density at radius 3 is 2.43 bits per heavy atom. The largest absolute Gasteiger partial charge is 0.495 e. The van der Waals surface area contributed by atoms with Crippen molar-refractivity contribution in [2.45, 2.75) is 42.7 Å². The molecule has 8 heteroatoms. The molecular formula is C15H22N2O5S. The first-order valence-corrected chi connectivity index (χ1v) is 8.90. The van der Waals surface area contributed by atoms with Gasteiger partial charge in [-0.2, -0.15) is 0 Å². The lowest BCUT2D eigenvalue weighted by Gasteiger charge is -2.26. The van der Waals surface area contributed by atoms with Crippen molar-refractivity contribution < 1.29 is 22.7 Å². The van der Waals surface area contributed by atoms with E-state index >= 15 is 0 Å². The van der Waals surface area contributed by atoms with E-state index in [2.05, 4.69) is 9.46 Å². The van der Waals surface area contributed by atoms with Gasteiger partial charge in [-0.3, -0.25) is 0 Å². The molecule has 0 spiro atoms. The summed E-state index contributed by atoms with van der Waals surface area (Å²) >= 11 is 0. The van der Waals surface area contributed by atoms with E-state index in [1.54, 1.807) is 0 Å². The highest BCUT2D eigenvalue weighted by Gasteiger charge is 2.27. The first-order chi connectivity index (χ1) is 10.9. The van der Waals surface area contributed by atoms with Crippen LogP contribution in [0.2, 0.25) is 0 Å². The zero-order valence-corrected chi connectivity index (χ0v) is 14.1. The molecule has 0 radical (unpaired) electrons. The standard InChI is InChI=1S/C15H22N2O5S/c1-21-13-9-10(15(18)22-2)3-8-14(13)23(19,20)17-12-6-4-11(16)5-7-12/h3,8-9,11-12,17H,4-7,16H2,1-2H3. The number of nitrogens with one attached hydrogen (secondary N) is 1. The molecule has 0 aromatic heterocycles. The van der Waals surface area contributed by atoms with Gasteiger partial charge in [-0.25, -0.2) is 17.9 Å². The average Bonchev–Trinajstić information content (AvgIpc) is 2.55. The average molecular weight is 342 g/mol. The van der Waals surface area contributed by atoms with Gasteiger partial charge in [-0.15, -0.1) is 0 Å². The molecule has 1 aromatic rings. The van der Waals surface area contributed by atoms with Gasteiger partial charge in [0, 0.05) is 12.1 Å². The number of sulfonamides is 1. The van der Waals surface area contributed by atoms with Gasteiger partial charge in [0.15, 0.2) is 0 Å². The van der Waals surface area contributed by atoms with Crippen LogP contribution in [0.15, 0.2) is 23.1 Å². The van der Waals surface area contributed by atoms with Crippen LogP contribution in [-0.4, -0.2) is 40.7 Å². The maximum atomic E-state index is 12.6. The van der Waals surface area contributed by atoms with Crippen molar-refractivity contribution in [1.82, 2.24) is 4.72 Å². The Morgan fingerprint density at radius 1 is 1.22 bits per heavy atom. The predicted molar refractivity (Wildman–Crippen MR) is 84.9 cm³/mol. The number of carbonyl (C=O) groups excluding carboxylic acids is 1. The molecule has 1 fully saturated rings. The van der Waals surface area contributed by atoms with Crippen LogP contribution >= 0.6 is 0 Å². The van der Waals surface area contributed by atoms with E-state index in [1.165, 1.54) is 32.4 Å². The van der Waals surface area contributed by atoms with Crippen LogP contribution in [0, 0.1) is 0 Å². The Bertz CT molecular complexity index is 666. The highest BCUT2D eigenvalue weighted by Crippen LogP contribution is 2.27. The van der Waals surface area contributed by atoms with E-state index in [9.17, 15) is 13.2 Å². The Labute approximate surface area is 136 Å². The summed E-state index contributed by atoms with van der Waals surface area (Å²) in [5.41, 5.74) is 6.06. The SMILES string of the molecule is COC(=O)c1ccc(S(=O)(=O)NC2CCC(N)CC2)c(OC)c1. The lowest BCUT2D eigenvalue weighted by Crippen LogP contribution is -2.40. The van der Waals surface area contributed by atoms with Gasteiger partial charge in [0.1, 0.15) is 10.6 Å². The molecule has 0 unspecified atom stereocenters. The van der Waals surface area contributed by atoms with Gasteiger partial charge in [-0.05, 0) is 43.9 Å². The fourth-order valence-corrected chi connectivity index (χ4v) is 4.11. The fourth-order valence-electron chi connectivity index (χ4n) is 2.65. The summed E-state index contributed by atoms with van der Waals surface area (Å²) in [5, 5.41) is 0. The Balaban J connectivity index is 2.23. The predicted octanol–water partition coefficient (Wildman–Crippen LogP) is 1.03. The highest BCUT2D eigenvalue weighted by molar-refractivity contribution is 7.89. The summed E-state index contributed by atoms with van der Waals surface area (Å²) in [6.45, 7) is 0. The molecule has 0 aliphatic heterocycles. The number of rotatable bonds is 5. The summed E-state index contributed by atoms with van der Waals surface area (Å²) in [5.74, 6) is -0.450. The lowest BCUT2D eigenvalue weighted by atomic mass is 9.93. The van der Waals surface area contributed by atoms with Crippen molar-refractivity contribution >= 4 is 16.0 Å². The normalized spacial score (nSPS) is 21.7. The van der Waals surface area contributed by atoms with Crippen molar-refractivity contribution in [2.75, 3.05) is 14.2 Å². The number of esters is 1. The van der Waals surface area contributed by atoms with Crippen molar-refractivity contribution in [1.29, 1.82) is 0 Å². The number of nitrogens with two attached hydrogens (primary N) is 1. The first kappa shape index (κ1) is 17.7. The van der Waals surface area contributed by atoms with Gasteiger partial charge in [0.25, 0.3) is 0 Å². The second-order valence-electron chi connectivity index (χ2n) is 5.59. The van der Waals surface area contributed by atoms with E-state index < -0.39 is 16.0 Å². The molecule has 0 bridgehead atoms. The molecule has 128 valence electrons. The molecule has 7 nitrogen and oxygen atoms in total. The second-order valence-corrected chi connectivity index (χ2v) is 7.27. The number of carbonyl (C=O) groups is 1. The number of hydrogen-bond donors (Lipinski definition) is 2. The molecule has 0 heterocycles. The smallest absolute Gasteiger partial charge is 0.337 e. The van der Waals surface area contributed by atoms with Crippen molar-refractivity contribution in [2.24, 2.45) is 5.73 Å². The third-order valence-corrected chi connectivity index (χ3v) is 5.53. The summed E-state index contributed by atoms with van der Waals surface area (Å²) in [7, 11) is -1.12. The topological polar surface area (TPSA) is 108 Å². The summed E-state index contributed by atoms with van der Waals surface area (Å²) in [4.78, 5) is 11.5. The molecule has 3 N–H and O–H groups in total. The van der Waals surface area contributed by atoms with Gasteiger partial charge >= 0.3 is 5.97 Å². The van der Waals surface area contributed by atoms with Crippen LogP contribution in [0.4, 0.5) is 0 Å². The Kier molecular flexibility index (Phi) is 5.61. The third-order valence-electron chi connectivity index (χ3n) is 3.97. The lowest BCUT2D eigenvalue weighted by molar-refractivity contribution is 0.0600. The van der Waals surface area contributed by atoms with Crippen molar-refractivity contribution in [3.05, 3.63) is 23.8 Å². The van der Waals surface area contributed by atoms with E-state index in [0.717, 1.165) is 12.8 Å². The van der Waals surface area contributed by atoms with E-state index in [4.69, 9.17) is 10.5 Å². The minimum absolute atomic E-state index is 0.00234. The maximum Gasteiger partial charge on any atom is 0.337 e. The first-order valence-electron chi connectivity index (χ1n) is 7.41. The van der Waals surface area contributed by atoms with Gasteiger partial charge in [-0.1, -0.05) is 0 Å². The number of hydrogen-bond acceptors (Lipinski definition) is 6. The molecular weight excluding hydrogens is 320 g/mol. The number of ether oxygens (including phenoxy) is 2. The zero-order chi connectivity index (χ0) is 17.0. The van der Waals surface area contributed by atoms with Gasteiger partial charge in [0.05, 0.1) is 19.8 Å². The van der Waals surface area contributed by atoms with Crippen LogP contribution in [0.3, 0.4) is 0 Å². The fraction of sp³-hybridized carbons (Fsp3) is 0.533. The quantitative estimate of drug-likeness (QED) is 0.774. The van der Waals surface area contributed by atoms with Crippen molar-refractivity contribution in [3.8, 4) is 5.75 Å². The third kappa shape index (κ3) is 4.21. The van der Waals surface area contributed by atoms with Crippen molar-refractivity contribution in [3.63, 3.8) is 0 Å². The maximum absolute atomic E-state index is 12.6. The Morgan fingerprint density at radius 2 is 1.87 bits per heavy atom. The minimum Gasteiger partial charge on any atom is -0.495 e. The molecule has 1 aliphatic rings. The van der Waals surface area contributed by atoms with Gasteiger partial charge < -0.3 is 15.2 Å². The summed E-state index contributed by atoms with van der Waals surface area (Å²) in [6.07, 6.45) is 3.02. The van der Waals surface area contributed by atoms with Crippen LogP contribution in [0.25, 0.3) is 0 Å². The monoisotopic (exact) mass is 342 g/mol. The molecule has 1 saturated carbocycles. The van der Waals surface area contributed by atoms with Crippen LogP contribution in [0.1, 0.15) is 36.0 Å². The van der Waals surface area contributed by atoms with Crippen LogP contribution in [-0.2, 0) is 14.8 Å². The summed E-state index contributed by atoms with van der Waals surface area (Å²) in [6, 6.07) is 4.12. The van der Waals surface area contributed by atoms with E-state index in [1.807, 2.05) is 0 Å². The van der Waals surface area contributed by atoms with E-state index in [-0.39, 0.29) is 28.3 Å². The molecule has 1 aliphatic carbocycles. The Hall–Kier alpha value is -1.64. The molecule has 0 atom stereocenters. The minimum atomic E-state index is -3.74. The van der Waals surface area contributed by atoms with Crippen LogP contribution < -0.4 is 15.2 Å². The second kappa shape index (κ2) is 7.29. The molecule has 0 amide bonds. The number of methoxy groups -OCH3 is 2. The molecule has 2 rings (SSSR count). The summed E-state index contributed by atoms with van der Waals surface area (Å²) < 4.78 is 37.6. The molecule has 0 saturated heterocycles. The molecule has 23 heavy (non-hydrogen) atoms. The number of benzene rings is 1. The van der Waals surface area contributed by atoms with Crippen LogP contribution in [0.5, 0.6) is 5.75 Å².